The number of hydrogen-bond donors (Lipinski definition) is 1. The van der Waals surface area contributed by atoms with E-state index in [4.69, 9.17) is 5.73 Å². The molecule has 1 aliphatic heterocycles. The van der Waals surface area contributed by atoms with Gasteiger partial charge < -0.3 is 10.6 Å². The zero-order valence-corrected chi connectivity index (χ0v) is 9.82. The van der Waals surface area contributed by atoms with Crippen molar-refractivity contribution in [2.75, 3.05) is 32.7 Å². The van der Waals surface area contributed by atoms with Gasteiger partial charge in [0.25, 0.3) is 0 Å². The lowest BCUT2D eigenvalue weighted by Gasteiger charge is -2.36. The van der Waals surface area contributed by atoms with Crippen LogP contribution in [0.4, 0.5) is 0 Å². The van der Waals surface area contributed by atoms with E-state index in [0.29, 0.717) is 12.5 Å². The highest BCUT2D eigenvalue weighted by Gasteiger charge is 2.50. The van der Waals surface area contributed by atoms with Crippen LogP contribution in [0.2, 0.25) is 0 Å². The van der Waals surface area contributed by atoms with Crippen LogP contribution in [0.25, 0.3) is 0 Å². The normalized spacial score (nSPS) is 29.2. The molecule has 1 heterocycles. The van der Waals surface area contributed by atoms with Crippen LogP contribution in [0.1, 0.15) is 25.7 Å². The molecule has 0 radical (unpaired) electrons. The van der Waals surface area contributed by atoms with E-state index in [-0.39, 0.29) is 5.41 Å². The maximum absolute atomic E-state index is 12.2. The number of nitrogens with two attached hydrogens (primary N) is 1. The molecule has 90 valence electrons. The third-order valence-corrected chi connectivity index (χ3v) is 4.36. The first-order valence-corrected chi connectivity index (χ1v) is 6.49. The molecule has 2 aliphatic carbocycles. The third kappa shape index (κ3) is 1.74. The lowest BCUT2D eigenvalue weighted by Crippen LogP contribution is -2.52. The molecule has 16 heavy (non-hydrogen) atoms. The van der Waals surface area contributed by atoms with Crippen LogP contribution < -0.4 is 5.73 Å². The summed E-state index contributed by atoms with van der Waals surface area (Å²) in [5.74, 6) is 0.324. The molecule has 2 saturated carbocycles. The van der Waals surface area contributed by atoms with Gasteiger partial charge in [0.2, 0.25) is 5.91 Å². The summed E-state index contributed by atoms with van der Waals surface area (Å²) in [6.07, 6.45) is 4.73. The molecular formula is C12H21N3O. The van der Waals surface area contributed by atoms with Gasteiger partial charge in [0.1, 0.15) is 0 Å². The average Bonchev–Trinajstić information content (AvgIpc) is 3.19. The molecule has 0 aromatic heterocycles. The van der Waals surface area contributed by atoms with E-state index in [1.165, 1.54) is 12.8 Å². The van der Waals surface area contributed by atoms with Crippen LogP contribution in [0.5, 0.6) is 0 Å². The highest BCUT2D eigenvalue weighted by molar-refractivity contribution is 5.85. The Hall–Kier alpha value is -0.610. The Morgan fingerprint density at radius 3 is 2.25 bits per heavy atom. The summed E-state index contributed by atoms with van der Waals surface area (Å²) in [5, 5.41) is 0. The summed E-state index contributed by atoms with van der Waals surface area (Å²) < 4.78 is 0. The smallest absolute Gasteiger partial charge is 0.230 e. The van der Waals surface area contributed by atoms with Crippen LogP contribution in [0, 0.1) is 5.41 Å². The van der Waals surface area contributed by atoms with Crippen molar-refractivity contribution in [3.05, 3.63) is 0 Å². The number of amides is 1. The molecule has 4 heteroatoms. The predicted octanol–water partition coefficient (Wildman–Crippen LogP) is 0.0319. The van der Waals surface area contributed by atoms with E-state index in [9.17, 15) is 4.79 Å². The van der Waals surface area contributed by atoms with Gasteiger partial charge in [0.05, 0.1) is 5.41 Å². The Morgan fingerprint density at radius 2 is 1.81 bits per heavy atom. The predicted molar refractivity (Wildman–Crippen MR) is 61.9 cm³/mol. The van der Waals surface area contributed by atoms with Gasteiger partial charge >= 0.3 is 0 Å². The van der Waals surface area contributed by atoms with E-state index in [1.807, 2.05) is 4.90 Å². The average molecular weight is 223 g/mol. The second-order valence-corrected chi connectivity index (χ2v) is 5.54. The fourth-order valence-corrected chi connectivity index (χ4v) is 2.72. The molecule has 4 nitrogen and oxygen atoms in total. The minimum absolute atomic E-state index is 0.151. The highest BCUT2D eigenvalue weighted by atomic mass is 16.2. The Balaban J connectivity index is 1.55. The lowest BCUT2D eigenvalue weighted by atomic mass is 10.1. The molecule has 3 aliphatic rings. The minimum Gasteiger partial charge on any atom is -0.340 e. The Labute approximate surface area is 96.8 Å². The standard InChI is InChI=1S/C12H21N3O/c13-9-12(3-4-12)11(16)15-7-5-14(6-8-15)10-1-2-10/h10H,1-9,13H2. The molecule has 0 aromatic carbocycles. The Bertz CT molecular complexity index is 289. The molecule has 3 rings (SSSR count). The van der Waals surface area contributed by atoms with Gasteiger partial charge in [-0.2, -0.15) is 0 Å². The molecule has 0 atom stereocenters. The Morgan fingerprint density at radius 1 is 1.19 bits per heavy atom. The molecule has 1 saturated heterocycles. The van der Waals surface area contributed by atoms with Gasteiger partial charge in [-0.3, -0.25) is 9.69 Å². The van der Waals surface area contributed by atoms with Crippen LogP contribution in [0.15, 0.2) is 0 Å². The molecule has 0 unspecified atom stereocenters. The van der Waals surface area contributed by atoms with Crippen molar-refractivity contribution in [3.63, 3.8) is 0 Å². The summed E-state index contributed by atoms with van der Waals surface area (Å²) in [5.41, 5.74) is 5.55. The topological polar surface area (TPSA) is 49.6 Å². The van der Waals surface area contributed by atoms with Crippen molar-refractivity contribution >= 4 is 5.91 Å². The molecular weight excluding hydrogens is 202 g/mol. The highest BCUT2D eigenvalue weighted by Crippen LogP contribution is 2.46. The van der Waals surface area contributed by atoms with Crippen molar-refractivity contribution in [3.8, 4) is 0 Å². The van der Waals surface area contributed by atoms with Gasteiger partial charge in [-0.05, 0) is 25.7 Å². The van der Waals surface area contributed by atoms with Gasteiger partial charge in [0, 0.05) is 38.8 Å². The van der Waals surface area contributed by atoms with E-state index in [1.54, 1.807) is 0 Å². The summed E-state index contributed by atoms with van der Waals surface area (Å²) in [6.45, 7) is 4.50. The Kier molecular flexibility index (Phi) is 2.44. The first-order valence-electron chi connectivity index (χ1n) is 6.49. The second-order valence-electron chi connectivity index (χ2n) is 5.54. The fourth-order valence-electron chi connectivity index (χ4n) is 2.72. The fraction of sp³-hybridized carbons (Fsp3) is 0.917. The third-order valence-electron chi connectivity index (χ3n) is 4.36. The number of hydrogen-bond acceptors (Lipinski definition) is 3. The van der Waals surface area contributed by atoms with Crippen LogP contribution in [-0.4, -0.2) is 54.5 Å². The van der Waals surface area contributed by atoms with Gasteiger partial charge in [-0.1, -0.05) is 0 Å². The zero-order valence-electron chi connectivity index (χ0n) is 9.82. The number of rotatable bonds is 3. The van der Waals surface area contributed by atoms with Crippen molar-refractivity contribution in [2.24, 2.45) is 11.1 Å². The maximum atomic E-state index is 12.2. The van der Waals surface area contributed by atoms with Crippen molar-refractivity contribution in [1.29, 1.82) is 0 Å². The molecule has 1 amide bonds. The molecule has 3 fully saturated rings. The quantitative estimate of drug-likeness (QED) is 0.734. The summed E-state index contributed by atoms with van der Waals surface area (Å²) in [7, 11) is 0. The van der Waals surface area contributed by atoms with Gasteiger partial charge in [-0.15, -0.1) is 0 Å². The largest absolute Gasteiger partial charge is 0.340 e. The van der Waals surface area contributed by atoms with Crippen molar-refractivity contribution in [2.45, 2.75) is 31.7 Å². The summed E-state index contributed by atoms with van der Waals surface area (Å²) >= 11 is 0. The number of carbonyl (C=O) groups excluding carboxylic acids is 1. The number of piperazine rings is 1. The zero-order chi connectivity index (χ0) is 11.2. The van der Waals surface area contributed by atoms with Crippen molar-refractivity contribution in [1.82, 2.24) is 9.80 Å². The summed E-state index contributed by atoms with van der Waals surface area (Å²) in [6, 6.07) is 0.835. The maximum Gasteiger partial charge on any atom is 0.230 e. The lowest BCUT2D eigenvalue weighted by molar-refractivity contribution is -0.138. The van der Waals surface area contributed by atoms with E-state index < -0.39 is 0 Å². The first-order chi connectivity index (χ1) is 7.75. The van der Waals surface area contributed by atoms with E-state index in [0.717, 1.165) is 45.1 Å². The summed E-state index contributed by atoms with van der Waals surface area (Å²) in [4.78, 5) is 16.8. The van der Waals surface area contributed by atoms with Crippen LogP contribution >= 0.6 is 0 Å². The molecule has 2 N–H and O–H groups in total. The van der Waals surface area contributed by atoms with Crippen LogP contribution in [0.3, 0.4) is 0 Å². The minimum atomic E-state index is -0.151. The van der Waals surface area contributed by atoms with E-state index in [2.05, 4.69) is 4.90 Å². The SMILES string of the molecule is NCC1(C(=O)N2CCN(C3CC3)CC2)CC1. The van der Waals surface area contributed by atoms with Crippen LogP contribution in [-0.2, 0) is 4.79 Å². The number of nitrogens with zero attached hydrogens (tertiary/aromatic N) is 2. The molecule has 0 aromatic rings. The van der Waals surface area contributed by atoms with Crippen molar-refractivity contribution < 1.29 is 4.79 Å². The molecule has 0 bridgehead atoms. The monoisotopic (exact) mass is 223 g/mol. The number of carbonyl (C=O) groups is 1. The second kappa shape index (κ2) is 3.70. The van der Waals surface area contributed by atoms with Gasteiger partial charge in [0.15, 0.2) is 0 Å². The molecule has 0 spiro atoms. The van der Waals surface area contributed by atoms with E-state index >= 15 is 0 Å². The first kappa shape index (κ1) is 10.5. The van der Waals surface area contributed by atoms with Gasteiger partial charge in [-0.25, -0.2) is 0 Å².